The van der Waals surface area contributed by atoms with E-state index in [1.807, 2.05) is 0 Å². The van der Waals surface area contributed by atoms with Crippen molar-refractivity contribution < 1.29 is 17.9 Å². The minimum atomic E-state index is -3.40. The molecule has 32 heavy (non-hydrogen) atoms. The summed E-state index contributed by atoms with van der Waals surface area (Å²) in [6, 6.07) is -0.663. The summed E-state index contributed by atoms with van der Waals surface area (Å²) in [6.07, 6.45) is 6.96. The van der Waals surface area contributed by atoms with Gasteiger partial charge in [0.15, 0.2) is 5.82 Å². The first-order valence-electron chi connectivity index (χ1n) is 10.6. The molecule has 1 aromatic rings. The maximum absolute atomic E-state index is 12.7. The molecule has 13 heteroatoms. The van der Waals surface area contributed by atoms with Crippen molar-refractivity contribution >= 4 is 39.6 Å². The normalized spacial score (nSPS) is 29.0. The average molecular weight is 486 g/mol. The number of hydrogen-bond acceptors (Lipinski definition) is 10. The van der Waals surface area contributed by atoms with Crippen LogP contribution >= 0.6 is 11.6 Å². The molecule has 0 aromatic carbocycles. The van der Waals surface area contributed by atoms with Gasteiger partial charge in [-0.2, -0.15) is 4.98 Å². The van der Waals surface area contributed by atoms with E-state index in [0.717, 1.165) is 12.8 Å². The van der Waals surface area contributed by atoms with E-state index < -0.39 is 16.1 Å². The Morgan fingerprint density at radius 3 is 2.62 bits per heavy atom. The lowest BCUT2D eigenvalue weighted by Gasteiger charge is -2.20. The second kappa shape index (κ2) is 9.87. The highest BCUT2D eigenvalue weighted by Gasteiger charge is 2.49. The Balaban J connectivity index is 1.41. The van der Waals surface area contributed by atoms with E-state index in [4.69, 9.17) is 26.8 Å². The molecule has 3 aliphatic rings. The monoisotopic (exact) mass is 485 g/mol. The average Bonchev–Trinajstić information content (AvgIpc) is 3.50. The lowest BCUT2D eigenvalue weighted by Crippen LogP contribution is -2.47. The number of allylic oxidation sites excluding steroid dienone is 1. The number of halogens is 1. The Morgan fingerprint density at radius 2 is 1.94 bits per heavy atom. The zero-order valence-electron chi connectivity index (χ0n) is 17.7. The second-order valence-electron chi connectivity index (χ2n) is 8.05. The molecule has 3 fully saturated rings. The molecule has 1 aromatic heterocycles. The third-order valence-corrected chi connectivity index (χ3v) is 8.14. The molecule has 11 nitrogen and oxygen atoms in total. The van der Waals surface area contributed by atoms with Crippen molar-refractivity contribution in [2.24, 2.45) is 10.7 Å². The number of sulfonamides is 1. The van der Waals surface area contributed by atoms with Crippen molar-refractivity contribution in [2.45, 2.75) is 55.2 Å². The molecule has 0 amide bonds. The number of aromatic nitrogens is 2. The Labute approximate surface area is 192 Å². The van der Waals surface area contributed by atoms with Crippen molar-refractivity contribution in [1.29, 1.82) is 0 Å². The lowest BCUT2D eigenvalue weighted by atomic mass is 10.1. The molecule has 1 aliphatic carbocycles. The third kappa shape index (κ3) is 4.99. The molecular formula is C19H28ClN7O4S. The summed E-state index contributed by atoms with van der Waals surface area (Å²) in [7, 11) is -1.77. The van der Waals surface area contributed by atoms with Crippen LogP contribution in [-0.4, -0.2) is 74.4 Å². The summed E-state index contributed by atoms with van der Waals surface area (Å²) in [5.74, 6) is 0.695. The number of hydrogen-bond donors (Lipinski definition) is 4. The molecule has 0 bridgehead atoms. The molecule has 4 unspecified atom stereocenters. The van der Waals surface area contributed by atoms with Gasteiger partial charge in [-0.15, -0.1) is 0 Å². The molecule has 0 radical (unpaired) electrons. The number of nitrogens with one attached hydrogen (secondary N) is 3. The summed E-state index contributed by atoms with van der Waals surface area (Å²) in [5.41, 5.74) is 6.10. The molecular weight excluding hydrogens is 458 g/mol. The van der Waals surface area contributed by atoms with Crippen molar-refractivity contribution in [3.8, 4) is 0 Å². The van der Waals surface area contributed by atoms with E-state index in [9.17, 15) is 8.42 Å². The molecule has 5 N–H and O–H groups in total. The molecule has 3 heterocycles. The van der Waals surface area contributed by atoms with Gasteiger partial charge in [-0.3, -0.25) is 4.99 Å². The fourth-order valence-electron chi connectivity index (χ4n) is 4.32. The van der Waals surface area contributed by atoms with Gasteiger partial charge >= 0.3 is 0 Å². The van der Waals surface area contributed by atoms with Gasteiger partial charge in [0.2, 0.25) is 16.0 Å². The standard InChI is InChI=1S/C19H28ClN7O4S/c1-22-7-11(6-21)24-19-23-8-13(20)18(26-19)25-14-9-30-17-15(10-31-16(14)17)27-32(28,29)12-4-2-3-5-12/h6-8,12,14-17,27H,2-5,9-10,21H2,1H3,(H2,23,24,25,26). The maximum Gasteiger partial charge on any atom is 0.229 e. The van der Waals surface area contributed by atoms with E-state index >= 15 is 0 Å². The smallest absolute Gasteiger partial charge is 0.229 e. The van der Waals surface area contributed by atoms with Gasteiger partial charge in [-0.25, -0.2) is 18.1 Å². The molecule has 2 aliphatic heterocycles. The van der Waals surface area contributed by atoms with Gasteiger partial charge in [-0.1, -0.05) is 24.4 Å². The molecule has 176 valence electrons. The predicted octanol–water partition coefficient (Wildman–Crippen LogP) is 0.851. The van der Waals surface area contributed by atoms with Gasteiger partial charge in [-0.05, 0) is 12.8 Å². The minimum Gasteiger partial charge on any atom is -0.403 e. The summed E-state index contributed by atoms with van der Waals surface area (Å²) in [6.45, 7) is 0.585. The maximum atomic E-state index is 12.7. The first-order valence-corrected chi connectivity index (χ1v) is 12.5. The number of fused-ring (bicyclic) bond motifs is 1. The van der Waals surface area contributed by atoms with E-state index in [-0.39, 0.29) is 30.1 Å². The van der Waals surface area contributed by atoms with Crippen molar-refractivity contribution in [3.05, 3.63) is 23.1 Å². The summed E-state index contributed by atoms with van der Waals surface area (Å²) >= 11 is 6.28. The zero-order chi connectivity index (χ0) is 22.7. The number of anilines is 2. The summed E-state index contributed by atoms with van der Waals surface area (Å²) in [5, 5.41) is 6.21. The Kier molecular flexibility index (Phi) is 7.15. The first kappa shape index (κ1) is 23.2. The van der Waals surface area contributed by atoms with Crippen molar-refractivity contribution in [3.63, 3.8) is 0 Å². The van der Waals surface area contributed by atoms with Crippen LogP contribution in [0, 0.1) is 0 Å². The van der Waals surface area contributed by atoms with Crippen LogP contribution in [0.1, 0.15) is 25.7 Å². The molecule has 4 atom stereocenters. The van der Waals surface area contributed by atoms with E-state index in [0.29, 0.717) is 41.9 Å². The number of rotatable bonds is 8. The summed E-state index contributed by atoms with van der Waals surface area (Å²) in [4.78, 5) is 12.5. The van der Waals surface area contributed by atoms with Crippen molar-refractivity contribution in [1.82, 2.24) is 14.7 Å². The SMILES string of the molecule is CN=CC(=CN)Nc1ncc(Cl)c(NC2COC3C(NS(=O)(=O)C4CCCC4)COC23)n1. The second-order valence-corrected chi connectivity index (χ2v) is 10.4. The fourth-order valence-corrected chi connectivity index (χ4v) is 6.24. The topological polar surface area (TPSA) is 153 Å². The number of ether oxygens (including phenoxy) is 2. The molecule has 0 spiro atoms. The largest absolute Gasteiger partial charge is 0.403 e. The van der Waals surface area contributed by atoms with Gasteiger partial charge in [0.1, 0.15) is 17.2 Å². The molecule has 1 saturated carbocycles. The van der Waals surface area contributed by atoms with Crippen LogP contribution < -0.4 is 21.1 Å². The fraction of sp³-hybridized carbons (Fsp3) is 0.632. The van der Waals surface area contributed by atoms with Crippen LogP contribution in [0.25, 0.3) is 0 Å². The number of nitrogens with two attached hydrogens (primary N) is 1. The highest BCUT2D eigenvalue weighted by atomic mass is 35.5. The van der Waals surface area contributed by atoms with E-state index in [1.165, 1.54) is 12.4 Å². The first-order chi connectivity index (χ1) is 15.4. The minimum absolute atomic E-state index is 0.247. The number of aliphatic imine (C=N–C) groups is 1. The van der Waals surface area contributed by atoms with Crippen LogP contribution in [-0.2, 0) is 19.5 Å². The van der Waals surface area contributed by atoms with Gasteiger partial charge in [0, 0.05) is 19.5 Å². The van der Waals surface area contributed by atoms with Crippen LogP contribution in [0.15, 0.2) is 23.1 Å². The Morgan fingerprint density at radius 1 is 1.25 bits per heavy atom. The quantitative estimate of drug-likeness (QED) is 0.392. The third-order valence-electron chi connectivity index (χ3n) is 5.88. The lowest BCUT2D eigenvalue weighted by molar-refractivity contribution is 0.0690. The highest BCUT2D eigenvalue weighted by Crippen LogP contribution is 2.32. The van der Waals surface area contributed by atoms with Crippen LogP contribution in [0.2, 0.25) is 5.02 Å². The Bertz CT molecular complexity index is 984. The van der Waals surface area contributed by atoms with Gasteiger partial charge < -0.3 is 25.8 Å². The molecule has 4 rings (SSSR count). The van der Waals surface area contributed by atoms with Gasteiger partial charge in [0.05, 0.1) is 42.4 Å². The number of nitrogens with zero attached hydrogens (tertiary/aromatic N) is 3. The van der Waals surface area contributed by atoms with Crippen LogP contribution in [0.5, 0.6) is 0 Å². The van der Waals surface area contributed by atoms with Crippen LogP contribution in [0.3, 0.4) is 0 Å². The van der Waals surface area contributed by atoms with Crippen LogP contribution in [0.4, 0.5) is 11.8 Å². The Hall–Kier alpha value is -1.99. The predicted molar refractivity (Wildman–Crippen MR) is 122 cm³/mol. The van der Waals surface area contributed by atoms with E-state index in [2.05, 4.69) is 30.3 Å². The van der Waals surface area contributed by atoms with Crippen molar-refractivity contribution in [2.75, 3.05) is 30.9 Å². The van der Waals surface area contributed by atoms with Gasteiger partial charge in [0.25, 0.3) is 0 Å². The zero-order valence-corrected chi connectivity index (χ0v) is 19.3. The summed E-state index contributed by atoms with van der Waals surface area (Å²) < 4.78 is 40.0. The highest BCUT2D eigenvalue weighted by molar-refractivity contribution is 7.90. The van der Waals surface area contributed by atoms with E-state index in [1.54, 1.807) is 13.3 Å². The molecule has 2 saturated heterocycles.